The molecule has 0 fully saturated rings. The Labute approximate surface area is 93.7 Å². The maximum Gasteiger partial charge on any atom is 0.308 e. The molecule has 0 radical (unpaired) electrons. The van der Waals surface area contributed by atoms with Crippen LogP contribution in [0.2, 0.25) is 0 Å². The van der Waals surface area contributed by atoms with Gasteiger partial charge in [0.25, 0.3) is 0 Å². The van der Waals surface area contributed by atoms with Crippen LogP contribution in [0.4, 0.5) is 0 Å². The normalized spacial score (nSPS) is 12.4. The second-order valence-electron chi connectivity index (χ2n) is 3.31. The molecular weight excluding hydrogens is 212 g/mol. The lowest BCUT2D eigenvalue weighted by Crippen LogP contribution is -2.10. The summed E-state index contributed by atoms with van der Waals surface area (Å²) in [6.07, 6.45) is 1.20. The zero-order valence-electron chi connectivity index (χ0n) is 8.81. The van der Waals surface area contributed by atoms with Gasteiger partial charge in [-0.3, -0.25) is 4.79 Å². The largest absolute Gasteiger partial charge is 0.466 e. The maximum atomic E-state index is 11.2. The van der Waals surface area contributed by atoms with Crippen LogP contribution >= 0.6 is 11.3 Å². The van der Waals surface area contributed by atoms with Crippen LogP contribution in [0, 0.1) is 0 Å². The number of thiophene rings is 1. The lowest BCUT2D eigenvalue weighted by molar-refractivity contribution is -0.146. The molecule has 15 heavy (non-hydrogen) atoms. The molecule has 0 aromatic carbocycles. The Morgan fingerprint density at radius 2 is 2.47 bits per heavy atom. The van der Waals surface area contributed by atoms with Gasteiger partial charge in [0.2, 0.25) is 0 Å². The molecule has 0 saturated carbocycles. The first-order valence-corrected chi connectivity index (χ1v) is 5.99. The van der Waals surface area contributed by atoms with Crippen LogP contribution in [0.25, 0.3) is 0 Å². The molecule has 0 aliphatic carbocycles. The van der Waals surface area contributed by atoms with Crippen molar-refractivity contribution in [2.75, 3.05) is 6.61 Å². The van der Waals surface area contributed by atoms with E-state index in [1.807, 2.05) is 24.4 Å². The molecule has 1 rings (SSSR count). The Morgan fingerprint density at radius 1 is 1.67 bits per heavy atom. The monoisotopic (exact) mass is 228 g/mol. The number of rotatable bonds is 6. The molecule has 0 saturated heterocycles. The fraction of sp³-hybridized carbons (Fsp3) is 0.545. The summed E-state index contributed by atoms with van der Waals surface area (Å²) in [5.74, 6) is -0.329. The van der Waals surface area contributed by atoms with Crippen LogP contribution in [-0.4, -0.2) is 17.7 Å². The Morgan fingerprint density at radius 3 is 3.07 bits per heavy atom. The molecule has 0 unspecified atom stereocenters. The number of carbonyl (C=O) groups is 1. The highest BCUT2D eigenvalue weighted by Crippen LogP contribution is 2.21. The van der Waals surface area contributed by atoms with Gasteiger partial charge in [0.15, 0.2) is 0 Å². The minimum atomic E-state index is -0.723. The first kappa shape index (κ1) is 12.2. The van der Waals surface area contributed by atoms with E-state index in [9.17, 15) is 9.90 Å². The predicted molar refractivity (Wildman–Crippen MR) is 59.8 cm³/mol. The van der Waals surface area contributed by atoms with Crippen LogP contribution < -0.4 is 0 Å². The van der Waals surface area contributed by atoms with E-state index < -0.39 is 6.10 Å². The molecule has 1 aromatic rings. The SMILES string of the molecule is CCCCOC(=O)C[C@H](O)c1cccs1. The van der Waals surface area contributed by atoms with Crippen LogP contribution in [0.3, 0.4) is 0 Å². The van der Waals surface area contributed by atoms with Gasteiger partial charge < -0.3 is 9.84 Å². The average molecular weight is 228 g/mol. The van der Waals surface area contributed by atoms with E-state index in [1.54, 1.807) is 0 Å². The molecule has 0 spiro atoms. The van der Waals surface area contributed by atoms with E-state index in [1.165, 1.54) is 11.3 Å². The molecule has 1 atom stereocenters. The van der Waals surface area contributed by atoms with E-state index in [-0.39, 0.29) is 12.4 Å². The highest BCUT2D eigenvalue weighted by atomic mass is 32.1. The molecule has 0 bridgehead atoms. The Hall–Kier alpha value is -0.870. The summed E-state index contributed by atoms with van der Waals surface area (Å²) in [5, 5.41) is 11.5. The van der Waals surface area contributed by atoms with Gasteiger partial charge in [-0.2, -0.15) is 0 Å². The fourth-order valence-electron chi connectivity index (χ4n) is 1.13. The zero-order chi connectivity index (χ0) is 11.1. The number of ether oxygens (including phenoxy) is 1. The van der Waals surface area contributed by atoms with Crippen molar-refractivity contribution in [2.45, 2.75) is 32.3 Å². The molecule has 1 heterocycles. The summed E-state index contributed by atoms with van der Waals surface area (Å²) in [5.41, 5.74) is 0. The van der Waals surface area contributed by atoms with Crippen LogP contribution in [0.5, 0.6) is 0 Å². The van der Waals surface area contributed by atoms with Crippen molar-refractivity contribution in [1.29, 1.82) is 0 Å². The molecule has 1 N–H and O–H groups in total. The van der Waals surface area contributed by atoms with Crippen molar-refractivity contribution in [1.82, 2.24) is 0 Å². The topological polar surface area (TPSA) is 46.5 Å². The smallest absolute Gasteiger partial charge is 0.308 e. The quantitative estimate of drug-likeness (QED) is 0.601. The van der Waals surface area contributed by atoms with Crippen molar-refractivity contribution in [3.05, 3.63) is 22.4 Å². The Bertz CT molecular complexity index is 282. The number of hydrogen-bond acceptors (Lipinski definition) is 4. The summed E-state index contributed by atoms with van der Waals surface area (Å²) in [7, 11) is 0. The number of hydrogen-bond donors (Lipinski definition) is 1. The van der Waals surface area contributed by atoms with Crippen LogP contribution in [-0.2, 0) is 9.53 Å². The standard InChI is InChI=1S/C11H16O3S/c1-2-3-6-14-11(13)8-9(12)10-5-4-7-15-10/h4-5,7,9,12H,2-3,6,8H2,1H3/t9-/m0/s1. The van der Waals surface area contributed by atoms with Gasteiger partial charge >= 0.3 is 5.97 Å². The van der Waals surface area contributed by atoms with Gasteiger partial charge in [-0.15, -0.1) is 11.3 Å². The van der Waals surface area contributed by atoms with Crippen LogP contribution in [0.1, 0.15) is 37.2 Å². The summed E-state index contributed by atoms with van der Waals surface area (Å²) < 4.78 is 4.96. The lowest BCUT2D eigenvalue weighted by Gasteiger charge is -2.08. The minimum Gasteiger partial charge on any atom is -0.466 e. The first-order valence-electron chi connectivity index (χ1n) is 5.11. The fourth-order valence-corrected chi connectivity index (χ4v) is 1.84. The maximum absolute atomic E-state index is 11.2. The molecule has 84 valence electrons. The van der Waals surface area contributed by atoms with Crippen molar-refractivity contribution in [3.8, 4) is 0 Å². The van der Waals surface area contributed by atoms with E-state index in [0.717, 1.165) is 17.7 Å². The molecular formula is C11H16O3S. The third-order valence-electron chi connectivity index (χ3n) is 1.99. The number of aliphatic hydroxyl groups excluding tert-OH is 1. The molecule has 0 amide bonds. The zero-order valence-corrected chi connectivity index (χ0v) is 9.63. The second kappa shape index (κ2) is 6.58. The van der Waals surface area contributed by atoms with Gasteiger partial charge in [-0.05, 0) is 17.9 Å². The van der Waals surface area contributed by atoms with Gasteiger partial charge in [-0.1, -0.05) is 19.4 Å². The number of aliphatic hydroxyl groups is 1. The number of esters is 1. The number of unbranched alkanes of at least 4 members (excludes halogenated alkanes) is 1. The van der Waals surface area contributed by atoms with Gasteiger partial charge in [0, 0.05) is 4.88 Å². The number of carbonyl (C=O) groups excluding carboxylic acids is 1. The predicted octanol–water partition coefficient (Wildman–Crippen LogP) is 2.51. The molecule has 0 aliphatic heterocycles. The highest BCUT2D eigenvalue weighted by Gasteiger charge is 2.14. The third kappa shape index (κ3) is 4.44. The Balaban J connectivity index is 2.26. The Kier molecular flexibility index (Phi) is 5.36. The van der Waals surface area contributed by atoms with E-state index >= 15 is 0 Å². The average Bonchev–Trinajstić information content (AvgIpc) is 2.70. The molecule has 3 nitrogen and oxygen atoms in total. The second-order valence-corrected chi connectivity index (χ2v) is 4.29. The molecule has 0 aliphatic rings. The minimum absolute atomic E-state index is 0.0459. The van der Waals surface area contributed by atoms with Crippen molar-refractivity contribution in [3.63, 3.8) is 0 Å². The first-order chi connectivity index (χ1) is 7.24. The van der Waals surface area contributed by atoms with Crippen molar-refractivity contribution < 1.29 is 14.6 Å². The van der Waals surface area contributed by atoms with Gasteiger partial charge in [0.05, 0.1) is 19.1 Å². The van der Waals surface area contributed by atoms with Crippen LogP contribution in [0.15, 0.2) is 17.5 Å². The van der Waals surface area contributed by atoms with Gasteiger partial charge in [0.1, 0.15) is 0 Å². The summed E-state index contributed by atoms with van der Waals surface area (Å²) in [6, 6.07) is 3.67. The van der Waals surface area contributed by atoms with Gasteiger partial charge in [-0.25, -0.2) is 0 Å². The highest BCUT2D eigenvalue weighted by molar-refractivity contribution is 7.10. The molecule has 4 heteroatoms. The van der Waals surface area contributed by atoms with Crippen molar-refractivity contribution >= 4 is 17.3 Å². The molecule has 1 aromatic heterocycles. The van der Waals surface area contributed by atoms with E-state index in [2.05, 4.69) is 0 Å². The summed E-state index contributed by atoms with van der Waals surface area (Å²) >= 11 is 1.44. The van der Waals surface area contributed by atoms with E-state index in [0.29, 0.717) is 6.61 Å². The van der Waals surface area contributed by atoms with E-state index in [4.69, 9.17) is 4.74 Å². The van der Waals surface area contributed by atoms with Crippen molar-refractivity contribution in [2.24, 2.45) is 0 Å². The third-order valence-corrected chi connectivity index (χ3v) is 2.97. The lowest BCUT2D eigenvalue weighted by atomic mass is 10.2. The summed E-state index contributed by atoms with van der Waals surface area (Å²) in [4.78, 5) is 12.1. The summed E-state index contributed by atoms with van der Waals surface area (Å²) in [6.45, 7) is 2.49.